The van der Waals surface area contributed by atoms with Crippen molar-refractivity contribution in [3.8, 4) is 33.6 Å². The number of hydrogen-bond acceptors (Lipinski definition) is 2. The SMILES string of the molecule is Clc1cccc(-c2cc(-c3ccccc3)ncn2)c1.c1ccc(-c2ccccc2)cc1. The molecule has 5 aromatic rings. The summed E-state index contributed by atoms with van der Waals surface area (Å²) in [6, 6.07) is 40.5. The van der Waals surface area contributed by atoms with Gasteiger partial charge < -0.3 is 0 Å². The Hall–Kier alpha value is -3.75. The zero-order valence-corrected chi connectivity index (χ0v) is 17.7. The molecule has 0 unspecified atom stereocenters. The van der Waals surface area contributed by atoms with Crippen molar-refractivity contribution in [2.24, 2.45) is 0 Å². The third-order valence-electron chi connectivity index (χ3n) is 4.74. The molecule has 4 aromatic carbocycles. The molecule has 5 rings (SSSR count). The molecule has 0 atom stereocenters. The predicted molar refractivity (Wildman–Crippen MR) is 130 cm³/mol. The summed E-state index contributed by atoms with van der Waals surface area (Å²) in [5.41, 5.74) is 6.40. The van der Waals surface area contributed by atoms with Crippen molar-refractivity contribution < 1.29 is 0 Å². The maximum absolute atomic E-state index is 6.01. The number of aromatic nitrogens is 2. The minimum Gasteiger partial charge on any atom is -0.236 e. The largest absolute Gasteiger partial charge is 0.236 e. The molecule has 2 nitrogen and oxygen atoms in total. The highest BCUT2D eigenvalue weighted by Crippen LogP contribution is 2.24. The highest BCUT2D eigenvalue weighted by atomic mass is 35.5. The summed E-state index contributed by atoms with van der Waals surface area (Å²) in [5.74, 6) is 0. The van der Waals surface area contributed by atoms with Gasteiger partial charge in [-0.15, -0.1) is 0 Å². The van der Waals surface area contributed by atoms with Crippen LogP contribution in [0, 0.1) is 0 Å². The normalized spacial score (nSPS) is 10.1. The Morgan fingerprint density at radius 1 is 0.419 bits per heavy atom. The van der Waals surface area contributed by atoms with E-state index >= 15 is 0 Å². The molecular formula is C28H21ClN2. The van der Waals surface area contributed by atoms with Crippen LogP contribution in [-0.4, -0.2) is 9.97 Å². The third kappa shape index (κ3) is 5.65. The van der Waals surface area contributed by atoms with Gasteiger partial charge in [-0.3, -0.25) is 0 Å². The first-order valence-corrected chi connectivity index (χ1v) is 10.4. The van der Waals surface area contributed by atoms with Crippen LogP contribution in [0.15, 0.2) is 128 Å². The Labute approximate surface area is 187 Å². The minimum atomic E-state index is 0.706. The number of halogens is 1. The van der Waals surface area contributed by atoms with Crippen LogP contribution in [-0.2, 0) is 0 Å². The van der Waals surface area contributed by atoms with Gasteiger partial charge in [0.1, 0.15) is 6.33 Å². The number of rotatable bonds is 3. The first-order valence-electron chi connectivity index (χ1n) is 10.0. The van der Waals surface area contributed by atoms with E-state index in [0.29, 0.717) is 5.02 Å². The van der Waals surface area contributed by atoms with E-state index in [9.17, 15) is 0 Å². The van der Waals surface area contributed by atoms with Crippen LogP contribution in [0.1, 0.15) is 0 Å². The second-order valence-electron chi connectivity index (χ2n) is 6.90. The van der Waals surface area contributed by atoms with Crippen LogP contribution >= 0.6 is 11.6 Å². The van der Waals surface area contributed by atoms with E-state index in [0.717, 1.165) is 22.5 Å². The Kier molecular flexibility index (Phi) is 6.84. The quantitative estimate of drug-likeness (QED) is 0.297. The lowest BCUT2D eigenvalue weighted by molar-refractivity contribution is 1.18. The van der Waals surface area contributed by atoms with E-state index in [-0.39, 0.29) is 0 Å². The van der Waals surface area contributed by atoms with Gasteiger partial charge in [-0.2, -0.15) is 0 Å². The van der Waals surface area contributed by atoms with E-state index in [4.69, 9.17) is 11.6 Å². The fraction of sp³-hybridized carbons (Fsp3) is 0. The van der Waals surface area contributed by atoms with Gasteiger partial charge in [0.25, 0.3) is 0 Å². The Bertz CT molecular complexity index is 1190. The first kappa shape index (κ1) is 20.5. The van der Waals surface area contributed by atoms with Crippen molar-refractivity contribution in [1.82, 2.24) is 9.97 Å². The lowest BCUT2D eigenvalue weighted by Gasteiger charge is -2.04. The molecule has 31 heavy (non-hydrogen) atoms. The maximum atomic E-state index is 6.01. The summed E-state index contributed by atoms with van der Waals surface area (Å²) >= 11 is 6.01. The summed E-state index contributed by atoms with van der Waals surface area (Å²) in [5, 5.41) is 0.706. The molecule has 0 saturated heterocycles. The lowest BCUT2D eigenvalue weighted by Crippen LogP contribution is -1.89. The molecule has 3 heteroatoms. The molecule has 0 N–H and O–H groups in total. The van der Waals surface area contributed by atoms with Crippen molar-refractivity contribution in [3.05, 3.63) is 133 Å². The summed E-state index contributed by atoms with van der Waals surface area (Å²) in [6.07, 6.45) is 1.58. The van der Waals surface area contributed by atoms with E-state index in [2.05, 4.69) is 58.5 Å². The third-order valence-corrected chi connectivity index (χ3v) is 4.97. The molecule has 0 fully saturated rings. The molecule has 0 aliphatic heterocycles. The number of nitrogens with zero attached hydrogens (tertiary/aromatic N) is 2. The standard InChI is InChI=1S/C16H11ClN2.C12H10/c17-14-8-4-7-13(9-14)16-10-15(18-11-19-16)12-5-2-1-3-6-12;1-3-7-11(8-4-1)12-9-5-2-6-10-12/h1-11H;1-10H. The molecule has 0 aliphatic carbocycles. The van der Waals surface area contributed by atoms with Gasteiger partial charge >= 0.3 is 0 Å². The highest BCUT2D eigenvalue weighted by Gasteiger charge is 2.04. The van der Waals surface area contributed by atoms with Crippen LogP contribution in [0.4, 0.5) is 0 Å². The smallest absolute Gasteiger partial charge is 0.116 e. The van der Waals surface area contributed by atoms with Gasteiger partial charge in [0.15, 0.2) is 0 Å². The van der Waals surface area contributed by atoms with Crippen molar-refractivity contribution in [2.45, 2.75) is 0 Å². The topological polar surface area (TPSA) is 25.8 Å². The van der Waals surface area contributed by atoms with Crippen molar-refractivity contribution >= 4 is 11.6 Å². The number of hydrogen-bond donors (Lipinski definition) is 0. The minimum absolute atomic E-state index is 0.706. The highest BCUT2D eigenvalue weighted by molar-refractivity contribution is 6.30. The molecule has 150 valence electrons. The van der Waals surface area contributed by atoms with Crippen LogP contribution in [0.25, 0.3) is 33.6 Å². The average molecular weight is 421 g/mol. The first-order chi connectivity index (χ1) is 15.3. The number of benzene rings is 4. The van der Waals surface area contributed by atoms with Gasteiger partial charge in [-0.25, -0.2) is 9.97 Å². The molecule has 0 radical (unpaired) electrons. The molecule has 1 aromatic heterocycles. The summed E-state index contributed by atoms with van der Waals surface area (Å²) in [7, 11) is 0. The fourth-order valence-corrected chi connectivity index (χ4v) is 3.38. The second kappa shape index (κ2) is 10.3. The Morgan fingerprint density at radius 3 is 1.39 bits per heavy atom. The lowest BCUT2D eigenvalue weighted by atomic mass is 10.1. The van der Waals surface area contributed by atoms with Gasteiger partial charge in [0.05, 0.1) is 11.4 Å². The van der Waals surface area contributed by atoms with Gasteiger partial charge in [0.2, 0.25) is 0 Å². The van der Waals surface area contributed by atoms with E-state index < -0.39 is 0 Å². The zero-order valence-electron chi connectivity index (χ0n) is 16.9. The van der Waals surface area contributed by atoms with Crippen molar-refractivity contribution in [1.29, 1.82) is 0 Å². The molecule has 0 saturated carbocycles. The Morgan fingerprint density at radius 2 is 0.871 bits per heavy atom. The van der Waals surface area contributed by atoms with Crippen LogP contribution in [0.5, 0.6) is 0 Å². The van der Waals surface area contributed by atoms with E-state index in [1.54, 1.807) is 6.33 Å². The van der Waals surface area contributed by atoms with E-state index in [1.165, 1.54) is 11.1 Å². The van der Waals surface area contributed by atoms with Crippen LogP contribution < -0.4 is 0 Å². The van der Waals surface area contributed by atoms with E-state index in [1.807, 2.05) is 72.8 Å². The van der Waals surface area contributed by atoms with Crippen LogP contribution in [0.2, 0.25) is 5.02 Å². The average Bonchev–Trinajstić information content (AvgIpc) is 2.86. The fourth-order valence-electron chi connectivity index (χ4n) is 3.19. The van der Waals surface area contributed by atoms with Gasteiger partial charge in [0, 0.05) is 16.1 Å². The van der Waals surface area contributed by atoms with Crippen LogP contribution in [0.3, 0.4) is 0 Å². The van der Waals surface area contributed by atoms with Crippen molar-refractivity contribution in [3.63, 3.8) is 0 Å². The van der Waals surface area contributed by atoms with Gasteiger partial charge in [-0.05, 0) is 29.3 Å². The maximum Gasteiger partial charge on any atom is 0.116 e. The molecule has 0 spiro atoms. The predicted octanol–water partition coefficient (Wildman–Crippen LogP) is 7.82. The summed E-state index contributed by atoms with van der Waals surface area (Å²) < 4.78 is 0. The zero-order chi connectivity index (χ0) is 21.3. The molecule has 0 bridgehead atoms. The van der Waals surface area contributed by atoms with Gasteiger partial charge in [-0.1, -0.05) is 115 Å². The Balaban J connectivity index is 0.000000166. The summed E-state index contributed by atoms with van der Waals surface area (Å²) in [4.78, 5) is 8.62. The van der Waals surface area contributed by atoms with Crippen molar-refractivity contribution in [2.75, 3.05) is 0 Å². The molecule has 1 heterocycles. The molecular weight excluding hydrogens is 400 g/mol. The second-order valence-corrected chi connectivity index (χ2v) is 7.33. The monoisotopic (exact) mass is 420 g/mol. The molecule has 0 aliphatic rings. The molecule has 0 amide bonds. The summed E-state index contributed by atoms with van der Waals surface area (Å²) in [6.45, 7) is 0.